The maximum absolute atomic E-state index is 13.1. The number of ketones is 1. The number of Topliss-reactive ketones (excluding diaryl/α,β-unsaturated/α-hetero) is 1. The van der Waals surface area contributed by atoms with Crippen LogP contribution in [0.15, 0.2) is 72.3 Å². The van der Waals surface area contributed by atoms with E-state index < -0.39 is 17.7 Å². The van der Waals surface area contributed by atoms with E-state index in [-0.39, 0.29) is 11.3 Å². The van der Waals surface area contributed by atoms with Crippen molar-refractivity contribution in [1.29, 1.82) is 0 Å². The average Bonchev–Trinajstić information content (AvgIpc) is 3.07. The Morgan fingerprint density at radius 3 is 2.39 bits per heavy atom. The quantitative estimate of drug-likeness (QED) is 0.289. The molecular formula is C28H29NO4. The first-order valence-electron chi connectivity index (χ1n) is 11.4. The maximum atomic E-state index is 13.1. The van der Waals surface area contributed by atoms with Gasteiger partial charge in [-0.1, -0.05) is 63.2 Å². The molecule has 4 rings (SSSR count). The van der Waals surface area contributed by atoms with Crippen molar-refractivity contribution >= 4 is 28.2 Å². The highest BCUT2D eigenvalue weighted by atomic mass is 16.5. The number of nitrogens with zero attached hydrogens (tertiary/aromatic N) is 1. The Bertz CT molecular complexity index is 1200. The lowest BCUT2D eigenvalue weighted by atomic mass is 9.91. The minimum Gasteiger partial charge on any atom is -0.507 e. The fourth-order valence-corrected chi connectivity index (χ4v) is 4.29. The zero-order chi connectivity index (χ0) is 23.5. The molecule has 1 N–H and O–H groups in total. The van der Waals surface area contributed by atoms with Crippen LogP contribution in [0.3, 0.4) is 0 Å². The number of carbonyl (C=O) groups is 2. The lowest BCUT2D eigenvalue weighted by Gasteiger charge is -2.26. The van der Waals surface area contributed by atoms with E-state index in [2.05, 4.69) is 13.8 Å². The molecule has 0 saturated carbocycles. The van der Waals surface area contributed by atoms with Crippen LogP contribution in [0.25, 0.3) is 16.5 Å². The van der Waals surface area contributed by atoms with E-state index in [1.807, 2.05) is 49.4 Å². The average molecular weight is 444 g/mol. The zero-order valence-corrected chi connectivity index (χ0v) is 19.2. The molecule has 0 aliphatic carbocycles. The Morgan fingerprint density at radius 2 is 1.70 bits per heavy atom. The monoisotopic (exact) mass is 443 g/mol. The van der Waals surface area contributed by atoms with Crippen molar-refractivity contribution < 1.29 is 19.4 Å². The van der Waals surface area contributed by atoms with Crippen LogP contribution in [0, 0.1) is 5.92 Å². The fourth-order valence-electron chi connectivity index (χ4n) is 4.29. The minimum absolute atomic E-state index is 0.126. The summed E-state index contributed by atoms with van der Waals surface area (Å²) in [7, 11) is 0. The second-order valence-electron chi connectivity index (χ2n) is 8.79. The molecule has 1 atom stereocenters. The van der Waals surface area contributed by atoms with Crippen LogP contribution in [0.4, 0.5) is 0 Å². The van der Waals surface area contributed by atoms with Crippen LogP contribution in [0.2, 0.25) is 0 Å². The molecule has 1 unspecified atom stereocenters. The van der Waals surface area contributed by atoms with Crippen LogP contribution in [0.1, 0.15) is 44.4 Å². The Balaban J connectivity index is 1.83. The van der Waals surface area contributed by atoms with E-state index in [9.17, 15) is 14.7 Å². The van der Waals surface area contributed by atoms with Crippen LogP contribution in [-0.2, 0) is 9.59 Å². The number of benzene rings is 3. The minimum atomic E-state index is -0.654. The number of hydrogen-bond donors (Lipinski definition) is 1. The summed E-state index contributed by atoms with van der Waals surface area (Å²) in [5.41, 5.74) is 1.44. The third-order valence-corrected chi connectivity index (χ3v) is 5.83. The van der Waals surface area contributed by atoms with Gasteiger partial charge in [0.2, 0.25) is 0 Å². The normalized spacial score (nSPS) is 17.8. The van der Waals surface area contributed by atoms with Gasteiger partial charge in [-0.2, -0.15) is 0 Å². The van der Waals surface area contributed by atoms with Gasteiger partial charge < -0.3 is 14.7 Å². The molecule has 0 radical (unpaired) electrons. The first-order chi connectivity index (χ1) is 15.9. The van der Waals surface area contributed by atoms with Crippen molar-refractivity contribution in [3.05, 3.63) is 83.4 Å². The summed E-state index contributed by atoms with van der Waals surface area (Å²) in [5.74, 6) is -0.307. The third-order valence-electron chi connectivity index (χ3n) is 5.83. The smallest absolute Gasteiger partial charge is 0.295 e. The molecule has 1 heterocycles. The van der Waals surface area contributed by atoms with Crippen LogP contribution >= 0.6 is 0 Å². The molecule has 0 bridgehead atoms. The van der Waals surface area contributed by atoms with E-state index in [1.54, 1.807) is 29.2 Å². The number of hydrogen-bond acceptors (Lipinski definition) is 4. The van der Waals surface area contributed by atoms with Gasteiger partial charge in [0.1, 0.15) is 11.5 Å². The van der Waals surface area contributed by atoms with Gasteiger partial charge in [0.05, 0.1) is 18.2 Å². The molecule has 1 fully saturated rings. The van der Waals surface area contributed by atoms with E-state index >= 15 is 0 Å². The SMILES string of the molecule is CCCN1C(=O)C(=O)/C(=C(\O)c2ccc(OCC(C)C)cc2)C1c1cccc2ccccc12. The van der Waals surface area contributed by atoms with Gasteiger partial charge in [-0.3, -0.25) is 9.59 Å². The molecule has 5 heteroatoms. The Labute approximate surface area is 194 Å². The van der Waals surface area contributed by atoms with Gasteiger partial charge >= 0.3 is 0 Å². The summed E-state index contributed by atoms with van der Waals surface area (Å²) in [6.07, 6.45) is 0.705. The Morgan fingerprint density at radius 1 is 1.00 bits per heavy atom. The predicted octanol–water partition coefficient (Wildman–Crippen LogP) is 5.71. The van der Waals surface area contributed by atoms with Gasteiger partial charge in [-0.15, -0.1) is 0 Å². The molecule has 1 aliphatic heterocycles. The summed E-state index contributed by atoms with van der Waals surface area (Å²) in [5, 5.41) is 13.2. The summed E-state index contributed by atoms with van der Waals surface area (Å²) < 4.78 is 5.73. The Hall–Kier alpha value is -3.60. The zero-order valence-electron chi connectivity index (χ0n) is 19.2. The van der Waals surface area contributed by atoms with E-state index in [4.69, 9.17) is 4.74 Å². The number of carbonyl (C=O) groups excluding carboxylic acids is 2. The topological polar surface area (TPSA) is 66.8 Å². The molecule has 0 spiro atoms. The largest absolute Gasteiger partial charge is 0.507 e. The number of rotatable bonds is 7. The summed E-state index contributed by atoms with van der Waals surface area (Å²) in [4.78, 5) is 27.7. The van der Waals surface area contributed by atoms with Gasteiger partial charge in [0.25, 0.3) is 11.7 Å². The van der Waals surface area contributed by atoms with Crippen LogP contribution in [-0.4, -0.2) is 34.8 Å². The molecule has 3 aromatic carbocycles. The van der Waals surface area contributed by atoms with Crippen molar-refractivity contribution in [2.45, 2.75) is 33.2 Å². The van der Waals surface area contributed by atoms with Gasteiger partial charge in [-0.25, -0.2) is 0 Å². The van der Waals surface area contributed by atoms with Gasteiger partial charge in [-0.05, 0) is 52.9 Å². The first-order valence-corrected chi connectivity index (χ1v) is 11.4. The number of amides is 1. The summed E-state index contributed by atoms with van der Waals surface area (Å²) in [6.45, 7) is 7.13. The number of aliphatic hydroxyl groups excluding tert-OH is 1. The standard InChI is InChI=1S/C28H29NO4/c1-4-16-29-25(23-11-7-9-19-8-5-6-10-22(19)23)24(27(31)28(29)32)26(30)20-12-14-21(15-13-20)33-17-18(2)3/h5-15,18,25,30H,4,16-17H2,1-3H3/b26-24-. The van der Waals surface area contributed by atoms with Gasteiger partial charge in [0, 0.05) is 12.1 Å². The molecule has 33 heavy (non-hydrogen) atoms. The number of fused-ring (bicyclic) bond motifs is 1. The first kappa shape index (κ1) is 22.6. The van der Waals surface area contributed by atoms with E-state index in [0.29, 0.717) is 36.8 Å². The van der Waals surface area contributed by atoms with Crippen molar-refractivity contribution in [2.75, 3.05) is 13.2 Å². The number of aliphatic hydroxyl groups is 1. The Kier molecular flexibility index (Phi) is 6.50. The molecule has 1 amide bonds. The van der Waals surface area contributed by atoms with E-state index in [1.165, 1.54) is 0 Å². The molecule has 5 nitrogen and oxygen atoms in total. The molecular weight excluding hydrogens is 414 g/mol. The second kappa shape index (κ2) is 9.49. The van der Waals surface area contributed by atoms with Crippen molar-refractivity contribution in [3.8, 4) is 5.75 Å². The molecule has 0 aromatic heterocycles. The van der Waals surface area contributed by atoms with Crippen molar-refractivity contribution in [2.24, 2.45) is 5.92 Å². The fraction of sp³-hybridized carbons (Fsp3) is 0.286. The molecule has 1 saturated heterocycles. The third kappa shape index (κ3) is 4.36. The second-order valence-corrected chi connectivity index (χ2v) is 8.79. The van der Waals surface area contributed by atoms with Crippen molar-refractivity contribution in [3.63, 3.8) is 0 Å². The maximum Gasteiger partial charge on any atom is 0.295 e. The van der Waals surface area contributed by atoms with E-state index in [0.717, 1.165) is 16.3 Å². The van der Waals surface area contributed by atoms with Gasteiger partial charge in [0.15, 0.2) is 0 Å². The highest BCUT2D eigenvalue weighted by Crippen LogP contribution is 2.42. The van der Waals surface area contributed by atoms with Crippen molar-refractivity contribution in [1.82, 2.24) is 4.90 Å². The summed E-state index contributed by atoms with van der Waals surface area (Å²) >= 11 is 0. The molecule has 170 valence electrons. The van der Waals surface area contributed by atoms with Crippen LogP contribution in [0.5, 0.6) is 5.75 Å². The lowest BCUT2D eigenvalue weighted by Crippen LogP contribution is -2.30. The highest BCUT2D eigenvalue weighted by Gasteiger charge is 2.46. The molecule has 3 aromatic rings. The lowest BCUT2D eigenvalue weighted by molar-refractivity contribution is -0.139. The molecule has 1 aliphatic rings. The highest BCUT2D eigenvalue weighted by molar-refractivity contribution is 6.46. The number of likely N-dealkylation sites (tertiary alicyclic amines) is 1. The predicted molar refractivity (Wildman–Crippen MR) is 130 cm³/mol. The number of ether oxygens (including phenoxy) is 1. The summed E-state index contributed by atoms with van der Waals surface area (Å²) in [6, 6.07) is 20.1. The van der Waals surface area contributed by atoms with Crippen LogP contribution < -0.4 is 4.74 Å².